The van der Waals surface area contributed by atoms with Crippen molar-refractivity contribution in [1.29, 1.82) is 0 Å². The van der Waals surface area contributed by atoms with Crippen LogP contribution in [0.5, 0.6) is 0 Å². The van der Waals surface area contributed by atoms with E-state index in [1.54, 1.807) is 6.92 Å². The third-order valence-electron chi connectivity index (χ3n) is 11.0. The number of oxazole rings is 2. The molecule has 1 fully saturated rings. The molecule has 5 aromatic carbocycles. The zero-order valence-electron chi connectivity index (χ0n) is 33.5. The first-order valence-corrected chi connectivity index (χ1v) is 21.8. The summed E-state index contributed by atoms with van der Waals surface area (Å²) in [5.74, 6) is 2.53. The Balaban J connectivity index is 0.000000224. The van der Waals surface area contributed by atoms with Crippen LogP contribution < -0.4 is 0 Å². The van der Waals surface area contributed by atoms with Crippen molar-refractivity contribution in [3.63, 3.8) is 0 Å². The molecule has 1 unspecified atom stereocenters. The molecule has 1 saturated carbocycles. The number of carboxylic acid groups (broad SMARTS) is 1. The Morgan fingerprint density at radius 1 is 0.759 bits per heavy atom. The standard InChI is InChI=1S/C33H37NO5.C16H14INO/c1-3-30-29(34-31(39-30)27-17-16-25-13-7-8-14-26(25)19-27)22-37-28-15-9-12-24(18-28)21-38-33(2,32(35)36)20-23-10-5-4-6-11-23;1-2-15-14(10-17)18-16(19-15)13-8-7-11-5-3-4-6-12(11)9-13/h4-8,10-11,13-14,16-17,19,24,28H,3,9,12,15,18,20-22H2,1-2H3,(H,35,36);3-9H,2,10H2,1H3/t24-,28+,33?;/m1./s1. The van der Waals surface area contributed by atoms with Crippen molar-refractivity contribution in [3.8, 4) is 22.9 Å². The third kappa shape index (κ3) is 10.1. The topological polar surface area (TPSA) is 108 Å². The number of halogens is 1. The number of alkyl halides is 1. The zero-order valence-corrected chi connectivity index (χ0v) is 35.6. The molecule has 2 heterocycles. The van der Waals surface area contributed by atoms with Crippen LogP contribution in [0.3, 0.4) is 0 Å². The van der Waals surface area contributed by atoms with Crippen LogP contribution >= 0.6 is 22.6 Å². The number of carbonyl (C=O) groups is 1. The quantitative estimate of drug-likeness (QED) is 0.0850. The van der Waals surface area contributed by atoms with Crippen molar-refractivity contribution in [1.82, 2.24) is 9.97 Å². The zero-order chi connectivity index (χ0) is 40.5. The molecule has 0 spiro atoms. The monoisotopic (exact) mass is 890 g/mol. The van der Waals surface area contributed by atoms with Crippen LogP contribution in [0, 0.1) is 5.92 Å². The normalized spacial score (nSPS) is 16.5. The second kappa shape index (κ2) is 19.3. The van der Waals surface area contributed by atoms with Crippen molar-refractivity contribution < 1.29 is 28.2 Å². The van der Waals surface area contributed by atoms with E-state index < -0.39 is 11.6 Å². The number of hydrogen-bond acceptors (Lipinski definition) is 7. The smallest absolute Gasteiger partial charge is 0.336 e. The Morgan fingerprint density at radius 3 is 1.86 bits per heavy atom. The van der Waals surface area contributed by atoms with Gasteiger partial charge < -0.3 is 23.4 Å². The summed E-state index contributed by atoms with van der Waals surface area (Å²) >= 11 is 2.33. The molecule has 0 aliphatic heterocycles. The van der Waals surface area contributed by atoms with E-state index in [1.165, 1.54) is 16.2 Å². The minimum Gasteiger partial charge on any atom is -0.479 e. The number of aryl methyl sites for hydroxylation is 2. The largest absolute Gasteiger partial charge is 0.479 e. The lowest BCUT2D eigenvalue weighted by molar-refractivity contribution is -0.166. The number of nitrogens with zero attached hydrogens (tertiary/aromatic N) is 2. The third-order valence-corrected chi connectivity index (χ3v) is 11.7. The van der Waals surface area contributed by atoms with Crippen molar-refractivity contribution in [3.05, 3.63) is 144 Å². The van der Waals surface area contributed by atoms with E-state index in [0.29, 0.717) is 25.5 Å². The summed E-state index contributed by atoms with van der Waals surface area (Å²) in [6, 6.07) is 38.8. The fourth-order valence-electron chi connectivity index (χ4n) is 7.64. The second-order valence-corrected chi connectivity index (χ2v) is 16.0. The van der Waals surface area contributed by atoms with Gasteiger partial charge in [0.05, 0.1) is 25.0 Å². The van der Waals surface area contributed by atoms with Crippen LogP contribution in [0.2, 0.25) is 0 Å². The molecule has 300 valence electrons. The van der Waals surface area contributed by atoms with Gasteiger partial charge in [-0.3, -0.25) is 0 Å². The van der Waals surface area contributed by atoms with Crippen LogP contribution in [0.4, 0.5) is 0 Å². The lowest BCUT2D eigenvalue weighted by Crippen LogP contribution is -2.42. The number of carboxylic acids is 1. The molecule has 8 nitrogen and oxygen atoms in total. The number of hydrogen-bond donors (Lipinski definition) is 1. The Labute approximate surface area is 354 Å². The summed E-state index contributed by atoms with van der Waals surface area (Å²) in [7, 11) is 0. The molecule has 8 rings (SSSR count). The summed E-state index contributed by atoms with van der Waals surface area (Å²) in [4.78, 5) is 21.5. The lowest BCUT2D eigenvalue weighted by Gasteiger charge is -2.32. The molecule has 3 atom stereocenters. The van der Waals surface area contributed by atoms with Gasteiger partial charge in [-0.2, -0.15) is 0 Å². The first kappa shape index (κ1) is 41.3. The average Bonchev–Trinajstić information content (AvgIpc) is 3.90. The predicted octanol–water partition coefficient (Wildman–Crippen LogP) is 12.2. The molecule has 9 heteroatoms. The highest BCUT2D eigenvalue weighted by atomic mass is 127. The molecule has 1 aliphatic rings. The number of aromatic nitrogens is 2. The van der Waals surface area contributed by atoms with Crippen molar-refractivity contribution in [2.45, 2.75) is 88.5 Å². The molecular weight excluding hydrogens is 839 g/mol. The molecular formula is C49H51IN2O6. The first-order valence-electron chi connectivity index (χ1n) is 20.3. The van der Waals surface area contributed by atoms with Gasteiger partial charge in [-0.15, -0.1) is 0 Å². The van der Waals surface area contributed by atoms with E-state index >= 15 is 0 Å². The number of benzene rings is 5. The molecule has 0 amide bonds. The maximum atomic E-state index is 12.1. The van der Waals surface area contributed by atoms with Gasteiger partial charge in [-0.05, 0) is 83.5 Å². The van der Waals surface area contributed by atoms with E-state index in [-0.39, 0.29) is 12.0 Å². The molecule has 1 aliphatic carbocycles. The van der Waals surface area contributed by atoms with Crippen molar-refractivity contribution in [2.24, 2.45) is 5.92 Å². The van der Waals surface area contributed by atoms with E-state index in [0.717, 1.165) is 93.8 Å². The second-order valence-electron chi connectivity index (χ2n) is 15.2. The van der Waals surface area contributed by atoms with Crippen LogP contribution in [0.25, 0.3) is 44.5 Å². The summed E-state index contributed by atoms with van der Waals surface area (Å²) in [5, 5.41) is 14.7. The lowest BCUT2D eigenvalue weighted by atomic mass is 9.87. The van der Waals surface area contributed by atoms with E-state index in [2.05, 4.69) is 108 Å². The van der Waals surface area contributed by atoms with Gasteiger partial charge in [0.2, 0.25) is 11.8 Å². The van der Waals surface area contributed by atoms with Gasteiger partial charge in [0.25, 0.3) is 0 Å². The highest BCUT2D eigenvalue weighted by Gasteiger charge is 2.36. The SMILES string of the molecule is CCc1oc(-c2ccc3ccccc3c2)nc1CI.CCc1oc(-c2ccc3ccccc3c2)nc1CO[C@H]1CCC[C@@H](COC(C)(Cc2ccccc2)C(=O)O)C1. The number of ether oxygens (including phenoxy) is 2. The maximum absolute atomic E-state index is 12.1. The van der Waals surface area contributed by atoms with E-state index in [4.69, 9.17) is 23.3 Å². The Morgan fingerprint density at radius 2 is 1.31 bits per heavy atom. The fourth-order valence-corrected chi connectivity index (χ4v) is 8.24. The maximum Gasteiger partial charge on any atom is 0.336 e. The van der Waals surface area contributed by atoms with Gasteiger partial charge in [0, 0.05) is 34.8 Å². The van der Waals surface area contributed by atoms with E-state index in [9.17, 15) is 9.90 Å². The van der Waals surface area contributed by atoms with Gasteiger partial charge in [-0.1, -0.05) is 134 Å². The number of aliphatic carboxylic acids is 1. The highest BCUT2D eigenvalue weighted by molar-refractivity contribution is 14.1. The minimum absolute atomic E-state index is 0.0862. The molecule has 1 N–H and O–H groups in total. The highest BCUT2D eigenvalue weighted by Crippen LogP contribution is 2.32. The van der Waals surface area contributed by atoms with Crippen LogP contribution in [-0.2, 0) is 44.6 Å². The van der Waals surface area contributed by atoms with Gasteiger partial charge in [0.15, 0.2) is 5.60 Å². The molecule has 0 saturated heterocycles. The predicted molar refractivity (Wildman–Crippen MR) is 238 cm³/mol. The van der Waals surface area contributed by atoms with E-state index in [1.807, 2.05) is 48.5 Å². The molecule has 58 heavy (non-hydrogen) atoms. The average molecular weight is 891 g/mol. The summed E-state index contributed by atoms with van der Waals surface area (Å²) in [5.41, 5.74) is 3.61. The van der Waals surface area contributed by atoms with Crippen LogP contribution in [0.1, 0.15) is 74.9 Å². The Hall–Kier alpha value is -4.84. The summed E-state index contributed by atoms with van der Waals surface area (Å²) in [6.45, 7) is 6.64. The Bertz CT molecular complexity index is 2420. The summed E-state index contributed by atoms with van der Waals surface area (Å²) in [6.07, 6.45) is 5.92. The van der Waals surface area contributed by atoms with Crippen LogP contribution in [-0.4, -0.2) is 39.4 Å². The molecule has 0 radical (unpaired) electrons. The summed E-state index contributed by atoms with van der Waals surface area (Å²) < 4.78 is 25.3. The van der Waals surface area contributed by atoms with Crippen molar-refractivity contribution in [2.75, 3.05) is 6.61 Å². The number of rotatable bonds is 14. The first-order chi connectivity index (χ1) is 28.2. The minimum atomic E-state index is -1.26. The molecule has 2 aromatic heterocycles. The van der Waals surface area contributed by atoms with Gasteiger partial charge in [0.1, 0.15) is 17.2 Å². The molecule has 0 bridgehead atoms. The number of fused-ring (bicyclic) bond motifs is 2. The Kier molecular flexibility index (Phi) is 13.7. The van der Waals surface area contributed by atoms with Gasteiger partial charge in [-0.25, -0.2) is 14.8 Å². The fraction of sp³-hybridized carbons (Fsp3) is 0.327. The van der Waals surface area contributed by atoms with Crippen LogP contribution in [0.15, 0.2) is 124 Å². The van der Waals surface area contributed by atoms with Gasteiger partial charge >= 0.3 is 5.97 Å². The van der Waals surface area contributed by atoms with Crippen molar-refractivity contribution >= 4 is 50.1 Å². The molecule has 7 aromatic rings.